The highest BCUT2D eigenvalue weighted by Crippen LogP contribution is 2.31. The van der Waals surface area contributed by atoms with Gasteiger partial charge < -0.3 is 10.3 Å². The van der Waals surface area contributed by atoms with E-state index in [4.69, 9.17) is 21.9 Å². The maximum absolute atomic E-state index is 6.05. The smallest absolute Gasteiger partial charge is 0.230 e. The van der Waals surface area contributed by atoms with E-state index in [0.717, 1.165) is 29.7 Å². The molecule has 1 heterocycles. The quantitative estimate of drug-likeness (QED) is 0.778. The Labute approximate surface area is 128 Å². The second-order valence-corrected chi connectivity index (χ2v) is 5.30. The zero-order chi connectivity index (χ0) is 14.7. The third kappa shape index (κ3) is 3.09. The molecule has 1 aromatic heterocycles. The Hall–Kier alpha value is -2.26. The fourth-order valence-electron chi connectivity index (χ4n) is 2.37. The van der Waals surface area contributed by atoms with Gasteiger partial charge in [-0.2, -0.15) is 0 Å². The molecule has 0 bridgehead atoms. The summed E-state index contributed by atoms with van der Waals surface area (Å²) in [5.41, 5.74) is 9.82. The Balaban J connectivity index is 1.87. The van der Waals surface area contributed by atoms with E-state index >= 15 is 0 Å². The van der Waals surface area contributed by atoms with Crippen LogP contribution in [0.4, 0.5) is 5.88 Å². The average molecular weight is 299 g/mol. The molecule has 21 heavy (non-hydrogen) atoms. The topological polar surface area (TPSA) is 52.0 Å². The molecule has 0 radical (unpaired) electrons. The monoisotopic (exact) mass is 298 g/mol. The van der Waals surface area contributed by atoms with Gasteiger partial charge in [-0.25, -0.2) is 0 Å². The second kappa shape index (κ2) is 6.02. The summed E-state index contributed by atoms with van der Waals surface area (Å²) >= 11 is 6.05. The predicted octanol–water partition coefficient (Wildman–Crippen LogP) is 4.36. The molecule has 0 spiro atoms. The molecule has 0 unspecified atom stereocenters. The Bertz CT molecular complexity index is 738. The number of halogens is 1. The maximum Gasteiger partial charge on any atom is 0.230 e. The van der Waals surface area contributed by atoms with E-state index in [-0.39, 0.29) is 0 Å². The van der Waals surface area contributed by atoms with Crippen LogP contribution < -0.4 is 5.73 Å². The fraction of sp³-hybridized carbons (Fsp3) is 0.118. The molecule has 0 saturated heterocycles. The van der Waals surface area contributed by atoms with Crippen LogP contribution in [-0.2, 0) is 12.8 Å². The molecule has 0 aliphatic rings. The van der Waals surface area contributed by atoms with E-state index in [1.807, 2.05) is 42.5 Å². The molecule has 2 aromatic carbocycles. The molecule has 0 amide bonds. The normalized spacial score (nSPS) is 10.7. The summed E-state index contributed by atoms with van der Waals surface area (Å²) in [4.78, 5) is 0. The van der Waals surface area contributed by atoms with Crippen molar-refractivity contribution in [1.82, 2.24) is 5.16 Å². The van der Waals surface area contributed by atoms with Gasteiger partial charge in [-0.3, -0.25) is 0 Å². The second-order valence-electron chi connectivity index (χ2n) is 4.86. The molecule has 3 aromatic rings. The number of nitrogen functional groups attached to an aromatic ring is 1. The SMILES string of the molecule is Nc1onc(CCc2ccccc2)c1-c1cccc(Cl)c1. The van der Waals surface area contributed by atoms with E-state index in [0.29, 0.717) is 10.9 Å². The standard InChI is InChI=1S/C17H15ClN2O/c18-14-8-4-7-13(11-14)16-15(20-21-17(16)19)10-9-12-5-2-1-3-6-12/h1-8,11H,9-10,19H2. The molecule has 0 saturated carbocycles. The summed E-state index contributed by atoms with van der Waals surface area (Å²) in [6, 6.07) is 17.8. The van der Waals surface area contributed by atoms with Crippen LogP contribution in [0.2, 0.25) is 5.02 Å². The van der Waals surface area contributed by atoms with Gasteiger partial charge >= 0.3 is 0 Å². The number of anilines is 1. The van der Waals surface area contributed by atoms with Crippen molar-refractivity contribution in [2.24, 2.45) is 0 Å². The van der Waals surface area contributed by atoms with Crippen molar-refractivity contribution in [2.75, 3.05) is 5.73 Å². The Kier molecular flexibility index (Phi) is 3.93. The van der Waals surface area contributed by atoms with Gasteiger partial charge in [0.2, 0.25) is 5.88 Å². The highest BCUT2D eigenvalue weighted by atomic mass is 35.5. The number of rotatable bonds is 4. The number of aryl methyl sites for hydroxylation is 2. The van der Waals surface area contributed by atoms with Crippen LogP contribution in [0.15, 0.2) is 59.1 Å². The summed E-state index contributed by atoms with van der Waals surface area (Å²) in [7, 11) is 0. The summed E-state index contributed by atoms with van der Waals surface area (Å²) in [5, 5.41) is 4.76. The van der Waals surface area contributed by atoms with Crippen molar-refractivity contribution in [3.05, 3.63) is 70.9 Å². The number of nitrogens with zero attached hydrogens (tertiary/aromatic N) is 1. The first-order valence-electron chi connectivity index (χ1n) is 6.78. The lowest BCUT2D eigenvalue weighted by Crippen LogP contribution is -1.95. The van der Waals surface area contributed by atoms with Gasteiger partial charge in [-0.05, 0) is 36.1 Å². The van der Waals surface area contributed by atoms with E-state index in [1.54, 1.807) is 0 Å². The molecule has 0 aliphatic heterocycles. The Morgan fingerprint density at radius 1 is 1.00 bits per heavy atom. The number of benzene rings is 2. The summed E-state index contributed by atoms with van der Waals surface area (Å²) in [5.74, 6) is 0.334. The fourth-order valence-corrected chi connectivity index (χ4v) is 2.56. The van der Waals surface area contributed by atoms with Gasteiger partial charge in [0, 0.05) is 5.02 Å². The Morgan fingerprint density at radius 3 is 2.57 bits per heavy atom. The summed E-state index contributed by atoms with van der Waals surface area (Å²) in [6.07, 6.45) is 1.66. The van der Waals surface area contributed by atoms with Crippen LogP contribution in [0.3, 0.4) is 0 Å². The molecule has 3 nitrogen and oxygen atoms in total. The first kappa shape index (κ1) is 13.7. The van der Waals surface area contributed by atoms with Gasteiger partial charge in [-0.1, -0.05) is 59.2 Å². The largest absolute Gasteiger partial charge is 0.367 e. The molecular formula is C17H15ClN2O. The molecular weight excluding hydrogens is 284 g/mol. The molecule has 0 fully saturated rings. The van der Waals surface area contributed by atoms with Gasteiger partial charge in [0.25, 0.3) is 0 Å². The van der Waals surface area contributed by atoms with Crippen LogP contribution >= 0.6 is 11.6 Å². The van der Waals surface area contributed by atoms with Crippen molar-refractivity contribution >= 4 is 17.5 Å². The average Bonchev–Trinajstić information content (AvgIpc) is 2.87. The lowest BCUT2D eigenvalue weighted by molar-refractivity contribution is 0.427. The molecule has 106 valence electrons. The molecule has 0 aliphatic carbocycles. The zero-order valence-electron chi connectivity index (χ0n) is 11.4. The van der Waals surface area contributed by atoms with Crippen LogP contribution in [0.5, 0.6) is 0 Å². The lowest BCUT2D eigenvalue weighted by atomic mass is 10.0. The van der Waals surface area contributed by atoms with Gasteiger partial charge in [-0.15, -0.1) is 0 Å². The van der Waals surface area contributed by atoms with Crippen molar-refractivity contribution in [1.29, 1.82) is 0 Å². The van der Waals surface area contributed by atoms with Crippen molar-refractivity contribution < 1.29 is 4.52 Å². The number of aromatic nitrogens is 1. The number of nitrogens with two attached hydrogens (primary N) is 1. The third-order valence-electron chi connectivity index (χ3n) is 3.40. The molecule has 3 rings (SSSR count). The van der Waals surface area contributed by atoms with Gasteiger partial charge in [0.05, 0.1) is 11.3 Å². The molecule has 2 N–H and O–H groups in total. The first-order valence-corrected chi connectivity index (χ1v) is 7.16. The van der Waals surface area contributed by atoms with Crippen molar-refractivity contribution in [3.63, 3.8) is 0 Å². The van der Waals surface area contributed by atoms with E-state index in [2.05, 4.69) is 17.3 Å². The maximum atomic E-state index is 6.05. The van der Waals surface area contributed by atoms with Crippen molar-refractivity contribution in [3.8, 4) is 11.1 Å². The lowest BCUT2D eigenvalue weighted by Gasteiger charge is -2.04. The minimum atomic E-state index is 0.334. The molecule has 4 heteroatoms. The Morgan fingerprint density at radius 2 is 1.81 bits per heavy atom. The third-order valence-corrected chi connectivity index (χ3v) is 3.63. The minimum absolute atomic E-state index is 0.334. The van der Waals surface area contributed by atoms with Crippen LogP contribution in [-0.4, -0.2) is 5.16 Å². The van der Waals surface area contributed by atoms with Crippen LogP contribution in [0.25, 0.3) is 11.1 Å². The first-order chi connectivity index (χ1) is 10.2. The van der Waals surface area contributed by atoms with Gasteiger partial charge in [0.15, 0.2) is 0 Å². The van der Waals surface area contributed by atoms with Crippen molar-refractivity contribution in [2.45, 2.75) is 12.8 Å². The van der Waals surface area contributed by atoms with E-state index < -0.39 is 0 Å². The van der Waals surface area contributed by atoms with Crippen LogP contribution in [0, 0.1) is 0 Å². The summed E-state index contributed by atoms with van der Waals surface area (Å²) in [6.45, 7) is 0. The van der Waals surface area contributed by atoms with E-state index in [1.165, 1.54) is 5.56 Å². The zero-order valence-corrected chi connectivity index (χ0v) is 12.2. The number of hydrogen-bond donors (Lipinski definition) is 1. The highest BCUT2D eigenvalue weighted by molar-refractivity contribution is 6.30. The summed E-state index contributed by atoms with van der Waals surface area (Å²) < 4.78 is 5.16. The minimum Gasteiger partial charge on any atom is -0.367 e. The molecule has 0 atom stereocenters. The van der Waals surface area contributed by atoms with Gasteiger partial charge in [0.1, 0.15) is 0 Å². The highest BCUT2D eigenvalue weighted by Gasteiger charge is 2.15. The van der Waals surface area contributed by atoms with Crippen LogP contribution in [0.1, 0.15) is 11.3 Å². The van der Waals surface area contributed by atoms with E-state index in [9.17, 15) is 0 Å². The number of hydrogen-bond acceptors (Lipinski definition) is 3. The predicted molar refractivity (Wildman–Crippen MR) is 85.2 cm³/mol.